The molecular formula is C14H30N2. The SMILES string of the molecule is CC(C)C(CCN)CCCN(C)C1CCC1. The van der Waals surface area contributed by atoms with Crippen molar-refractivity contribution in [3.63, 3.8) is 0 Å². The van der Waals surface area contributed by atoms with Crippen LogP contribution in [0.5, 0.6) is 0 Å². The fourth-order valence-corrected chi connectivity index (χ4v) is 2.64. The lowest BCUT2D eigenvalue weighted by Crippen LogP contribution is -2.37. The van der Waals surface area contributed by atoms with Gasteiger partial charge in [-0.1, -0.05) is 20.3 Å². The second kappa shape index (κ2) is 7.29. The molecule has 0 spiro atoms. The first-order valence-electron chi connectivity index (χ1n) is 7.05. The maximum atomic E-state index is 5.67. The predicted octanol–water partition coefficient (Wildman–Crippen LogP) is 2.87. The molecule has 0 heterocycles. The molecule has 2 nitrogen and oxygen atoms in total. The van der Waals surface area contributed by atoms with Gasteiger partial charge in [-0.15, -0.1) is 0 Å². The maximum Gasteiger partial charge on any atom is 0.00922 e. The molecule has 0 aliphatic heterocycles. The van der Waals surface area contributed by atoms with E-state index in [-0.39, 0.29) is 0 Å². The van der Waals surface area contributed by atoms with Crippen molar-refractivity contribution in [1.29, 1.82) is 0 Å². The van der Waals surface area contributed by atoms with E-state index >= 15 is 0 Å². The van der Waals surface area contributed by atoms with E-state index in [4.69, 9.17) is 5.73 Å². The van der Waals surface area contributed by atoms with Crippen LogP contribution in [-0.4, -0.2) is 31.1 Å². The molecule has 0 bridgehead atoms. The van der Waals surface area contributed by atoms with Crippen molar-refractivity contribution in [3.8, 4) is 0 Å². The fraction of sp³-hybridized carbons (Fsp3) is 1.00. The highest BCUT2D eigenvalue weighted by atomic mass is 15.1. The van der Waals surface area contributed by atoms with Crippen LogP contribution in [0, 0.1) is 11.8 Å². The first-order valence-corrected chi connectivity index (χ1v) is 7.05. The minimum Gasteiger partial charge on any atom is -0.330 e. The van der Waals surface area contributed by atoms with Gasteiger partial charge in [0, 0.05) is 6.04 Å². The van der Waals surface area contributed by atoms with Crippen LogP contribution < -0.4 is 5.73 Å². The topological polar surface area (TPSA) is 29.3 Å². The zero-order valence-corrected chi connectivity index (χ0v) is 11.4. The summed E-state index contributed by atoms with van der Waals surface area (Å²) in [5.74, 6) is 1.62. The second-order valence-corrected chi connectivity index (χ2v) is 5.79. The summed E-state index contributed by atoms with van der Waals surface area (Å²) in [6.45, 7) is 6.78. The Morgan fingerprint density at radius 2 is 1.94 bits per heavy atom. The van der Waals surface area contributed by atoms with Crippen molar-refractivity contribution in [2.45, 2.75) is 58.4 Å². The molecule has 0 aromatic heterocycles. The summed E-state index contributed by atoms with van der Waals surface area (Å²) in [5.41, 5.74) is 5.67. The first-order chi connectivity index (χ1) is 7.65. The first kappa shape index (κ1) is 14.0. The van der Waals surface area contributed by atoms with Gasteiger partial charge in [0.25, 0.3) is 0 Å². The zero-order chi connectivity index (χ0) is 12.0. The van der Waals surface area contributed by atoms with Gasteiger partial charge >= 0.3 is 0 Å². The molecule has 1 rings (SSSR count). The molecule has 0 aromatic rings. The quantitative estimate of drug-likeness (QED) is 0.689. The highest BCUT2D eigenvalue weighted by molar-refractivity contribution is 4.78. The van der Waals surface area contributed by atoms with Gasteiger partial charge < -0.3 is 10.6 Å². The summed E-state index contributed by atoms with van der Waals surface area (Å²) < 4.78 is 0. The van der Waals surface area contributed by atoms with Gasteiger partial charge in [-0.3, -0.25) is 0 Å². The Labute approximate surface area is 102 Å². The van der Waals surface area contributed by atoms with E-state index in [1.165, 1.54) is 45.1 Å². The van der Waals surface area contributed by atoms with Crippen molar-refractivity contribution < 1.29 is 0 Å². The minimum absolute atomic E-state index is 0.789. The van der Waals surface area contributed by atoms with Gasteiger partial charge in [0.2, 0.25) is 0 Å². The smallest absolute Gasteiger partial charge is 0.00922 e. The number of nitrogens with two attached hydrogens (primary N) is 1. The zero-order valence-electron chi connectivity index (χ0n) is 11.4. The number of nitrogens with zero attached hydrogens (tertiary/aromatic N) is 1. The Balaban J connectivity index is 2.11. The number of rotatable bonds is 8. The third-order valence-electron chi connectivity index (χ3n) is 4.26. The molecule has 1 unspecified atom stereocenters. The highest BCUT2D eigenvalue weighted by Crippen LogP contribution is 2.25. The van der Waals surface area contributed by atoms with Gasteiger partial charge in [-0.05, 0) is 64.1 Å². The average molecular weight is 226 g/mol. The minimum atomic E-state index is 0.789. The van der Waals surface area contributed by atoms with Crippen molar-refractivity contribution in [3.05, 3.63) is 0 Å². The Morgan fingerprint density at radius 3 is 2.38 bits per heavy atom. The molecule has 1 saturated carbocycles. The molecule has 96 valence electrons. The average Bonchev–Trinajstić information content (AvgIpc) is 2.13. The summed E-state index contributed by atoms with van der Waals surface area (Å²) >= 11 is 0. The molecule has 0 saturated heterocycles. The molecule has 0 aromatic carbocycles. The largest absolute Gasteiger partial charge is 0.330 e. The van der Waals surface area contributed by atoms with Crippen LogP contribution in [-0.2, 0) is 0 Å². The predicted molar refractivity (Wildman–Crippen MR) is 71.5 cm³/mol. The van der Waals surface area contributed by atoms with Gasteiger partial charge in [-0.2, -0.15) is 0 Å². The van der Waals surface area contributed by atoms with Gasteiger partial charge in [0.15, 0.2) is 0 Å². The van der Waals surface area contributed by atoms with Crippen LogP contribution >= 0.6 is 0 Å². The Bertz CT molecular complexity index is 176. The number of hydrogen-bond acceptors (Lipinski definition) is 2. The lowest BCUT2D eigenvalue weighted by atomic mass is 9.87. The highest BCUT2D eigenvalue weighted by Gasteiger charge is 2.21. The Kier molecular flexibility index (Phi) is 6.37. The maximum absolute atomic E-state index is 5.67. The van der Waals surface area contributed by atoms with E-state index in [9.17, 15) is 0 Å². The van der Waals surface area contributed by atoms with E-state index in [2.05, 4.69) is 25.8 Å². The summed E-state index contributed by atoms with van der Waals surface area (Å²) in [7, 11) is 2.29. The van der Waals surface area contributed by atoms with Crippen LogP contribution in [0.1, 0.15) is 52.4 Å². The fourth-order valence-electron chi connectivity index (χ4n) is 2.64. The van der Waals surface area contributed by atoms with Gasteiger partial charge in [0.1, 0.15) is 0 Å². The molecule has 2 N–H and O–H groups in total. The molecule has 16 heavy (non-hydrogen) atoms. The summed E-state index contributed by atoms with van der Waals surface area (Å²) in [5, 5.41) is 0. The van der Waals surface area contributed by atoms with Crippen molar-refractivity contribution >= 4 is 0 Å². The van der Waals surface area contributed by atoms with E-state index in [1.54, 1.807) is 0 Å². The van der Waals surface area contributed by atoms with E-state index in [0.717, 1.165) is 24.4 Å². The lowest BCUT2D eigenvalue weighted by molar-refractivity contribution is 0.152. The molecule has 1 aliphatic rings. The van der Waals surface area contributed by atoms with Crippen LogP contribution in [0.2, 0.25) is 0 Å². The Morgan fingerprint density at radius 1 is 1.25 bits per heavy atom. The van der Waals surface area contributed by atoms with E-state index < -0.39 is 0 Å². The normalized spacial score (nSPS) is 19.1. The van der Waals surface area contributed by atoms with E-state index in [0.29, 0.717) is 0 Å². The summed E-state index contributed by atoms with van der Waals surface area (Å²) in [4.78, 5) is 2.56. The standard InChI is InChI=1S/C14H30N2/c1-12(2)13(9-10-15)6-5-11-16(3)14-7-4-8-14/h12-14H,4-11,15H2,1-3H3. The van der Waals surface area contributed by atoms with Crippen LogP contribution in [0.15, 0.2) is 0 Å². The molecule has 1 aliphatic carbocycles. The summed E-state index contributed by atoms with van der Waals surface area (Å²) in [6, 6.07) is 0.895. The number of hydrogen-bond donors (Lipinski definition) is 1. The van der Waals surface area contributed by atoms with Crippen LogP contribution in [0.4, 0.5) is 0 Å². The van der Waals surface area contributed by atoms with Crippen LogP contribution in [0.25, 0.3) is 0 Å². The molecule has 0 amide bonds. The summed E-state index contributed by atoms with van der Waals surface area (Å²) in [6.07, 6.45) is 8.18. The third kappa shape index (κ3) is 4.42. The molecule has 0 radical (unpaired) electrons. The molecule has 1 fully saturated rings. The van der Waals surface area contributed by atoms with E-state index in [1.807, 2.05) is 0 Å². The third-order valence-corrected chi connectivity index (χ3v) is 4.26. The molecule has 1 atom stereocenters. The Hall–Kier alpha value is -0.0800. The second-order valence-electron chi connectivity index (χ2n) is 5.79. The van der Waals surface area contributed by atoms with Crippen molar-refractivity contribution in [1.82, 2.24) is 4.90 Å². The monoisotopic (exact) mass is 226 g/mol. The van der Waals surface area contributed by atoms with Gasteiger partial charge in [0.05, 0.1) is 0 Å². The van der Waals surface area contributed by atoms with Crippen molar-refractivity contribution in [2.75, 3.05) is 20.1 Å². The molecular weight excluding hydrogens is 196 g/mol. The van der Waals surface area contributed by atoms with Crippen molar-refractivity contribution in [2.24, 2.45) is 17.6 Å². The molecule has 2 heteroatoms. The van der Waals surface area contributed by atoms with Crippen LogP contribution in [0.3, 0.4) is 0 Å². The van der Waals surface area contributed by atoms with Gasteiger partial charge in [-0.25, -0.2) is 0 Å². The lowest BCUT2D eigenvalue weighted by Gasteiger charge is -2.35.